The molecule has 20 heavy (non-hydrogen) atoms. The first kappa shape index (κ1) is 15.3. The predicted molar refractivity (Wildman–Crippen MR) is 87.1 cm³/mol. The number of para-hydroxylation sites is 1. The lowest BCUT2D eigenvalue weighted by Gasteiger charge is -2.35. The molecular formula is C17H29N3. The minimum absolute atomic E-state index is 0.0513. The zero-order chi connectivity index (χ0) is 14.6. The van der Waals surface area contributed by atoms with Gasteiger partial charge in [-0.1, -0.05) is 18.2 Å². The normalized spacial score (nSPS) is 24.6. The van der Waals surface area contributed by atoms with Crippen LogP contribution in [-0.2, 0) is 0 Å². The molecule has 112 valence electrons. The fraction of sp³-hybridized carbons (Fsp3) is 0.647. The van der Waals surface area contributed by atoms with Crippen molar-refractivity contribution in [3.05, 3.63) is 29.8 Å². The number of hydrogen-bond acceptors (Lipinski definition) is 3. The Kier molecular flexibility index (Phi) is 5.06. The summed E-state index contributed by atoms with van der Waals surface area (Å²) in [4.78, 5) is 2.57. The van der Waals surface area contributed by atoms with Crippen LogP contribution in [0.3, 0.4) is 0 Å². The Labute approximate surface area is 123 Å². The molecule has 0 saturated carbocycles. The molecule has 1 atom stereocenters. The molecule has 1 aromatic carbocycles. The van der Waals surface area contributed by atoms with Gasteiger partial charge in [0.25, 0.3) is 0 Å². The molecule has 1 aliphatic rings. The van der Waals surface area contributed by atoms with Gasteiger partial charge >= 0.3 is 0 Å². The molecular weight excluding hydrogens is 246 g/mol. The van der Waals surface area contributed by atoms with Crippen molar-refractivity contribution >= 4 is 5.69 Å². The van der Waals surface area contributed by atoms with Gasteiger partial charge in [-0.05, 0) is 58.2 Å². The van der Waals surface area contributed by atoms with Gasteiger partial charge in [-0.15, -0.1) is 0 Å². The number of nitrogens with two attached hydrogens (primary N) is 1. The van der Waals surface area contributed by atoms with Crippen molar-refractivity contribution in [2.45, 2.75) is 51.6 Å². The molecule has 1 fully saturated rings. The van der Waals surface area contributed by atoms with E-state index in [1.165, 1.54) is 24.2 Å². The summed E-state index contributed by atoms with van der Waals surface area (Å²) < 4.78 is 0. The van der Waals surface area contributed by atoms with Crippen LogP contribution < -0.4 is 11.1 Å². The van der Waals surface area contributed by atoms with Gasteiger partial charge in [0.1, 0.15) is 0 Å². The summed E-state index contributed by atoms with van der Waals surface area (Å²) in [6.45, 7) is 9.74. The van der Waals surface area contributed by atoms with Gasteiger partial charge in [0, 0.05) is 24.8 Å². The first-order valence-electron chi connectivity index (χ1n) is 7.84. The molecule has 1 heterocycles. The maximum Gasteiger partial charge on any atom is 0.0508 e. The highest BCUT2D eigenvalue weighted by atomic mass is 15.2. The number of rotatable bonds is 4. The monoisotopic (exact) mass is 275 g/mol. The number of nitrogens with zero attached hydrogens (tertiary/aromatic N) is 1. The largest absolute Gasteiger partial charge is 0.378 e. The molecule has 1 saturated heterocycles. The number of benzene rings is 1. The van der Waals surface area contributed by atoms with Gasteiger partial charge in [0.2, 0.25) is 0 Å². The van der Waals surface area contributed by atoms with E-state index < -0.39 is 0 Å². The fourth-order valence-electron chi connectivity index (χ4n) is 3.11. The van der Waals surface area contributed by atoms with E-state index in [-0.39, 0.29) is 5.54 Å². The van der Waals surface area contributed by atoms with Crippen LogP contribution in [0, 0.1) is 6.92 Å². The molecule has 0 aliphatic carbocycles. The molecule has 1 aromatic rings. The molecule has 0 bridgehead atoms. The minimum atomic E-state index is 0.0513. The first-order chi connectivity index (χ1) is 9.56. The van der Waals surface area contributed by atoms with Crippen LogP contribution in [0.5, 0.6) is 0 Å². The lowest BCUT2D eigenvalue weighted by atomic mass is 9.90. The summed E-state index contributed by atoms with van der Waals surface area (Å²) in [6, 6.07) is 9.13. The Morgan fingerprint density at radius 3 is 2.65 bits per heavy atom. The van der Waals surface area contributed by atoms with Gasteiger partial charge in [0.15, 0.2) is 0 Å². The van der Waals surface area contributed by atoms with E-state index in [0.29, 0.717) is 12.6 Å². The zero-order valence-corrected chi connectivity index (χ0v) is 13.2. The first-order valence-corrected chi connectivity index (χ1v) is 7.84. The van der Waals surface area contributed by atoms with Crippen LogP contribution in [-0.4, -0.2) is 36.1 Å². The van der Waals surface area contributed by atoms with Crippen molar-refractivity contribution in [1.82, 2.24) is 4.90 Å². The minimum Gasteiger partial charge on any atom is -0.378 e. The third-order valence-corrected chi connectivity index (χ3v) is 4.64. The third-order valence-electron chi connectivity index (χ3n) is 4.64. The van der Waals surface area contributed by atoms with Crippen LogP contribution in [0.25, 0.3) is 0 Å². The molecule has 0 aromatic heterocycles. The Balaban J connectivity index is 2.12. The molecule has 2 rings (SSSR count). The smallest absolute Gasteiger partial charge is 0.0508 e. The summed E-state index contributed by atoms with van der Waals surface area (Å²) in [5.41, 5.74) is 8.73. The van der Waals surface area contributed by atoms with Gasteiger partial charge in [-0.2, -0.15) is 0 Å². The molecule has 0 amide bonds. The summed E-state index contributed by atoms with van der Waals surface area (Å²) >= 11 is 0. The van der Waals surface area contributed by atoms with Gasteiger partial charge in [-0.3, -0.25) is 0 Å². The van der Waals surface area contributed by atoms with Crippen molar-refractivity contribution in [1.29, 1.82) is 0 Å². The highest BCUT2D eigenvalue weighted by Gasteiger charge is 2.32. The van der Waals surface area contributed by atoms with E-state index in [1.54, 1.807) is 0 Å². The fourth-order valence-corrected chi connectivity index (χ4v) is 3.11. The number of likely N-dealkylation sites (tertiary alicyclic amines) is 1. The second kappa shape index (κ2) is 6.59. The molecule has 1 unspecified atom stereocenters. The second-order valence-electron chi connectivity index (χ2n) is 6.41. The van der Waals surface area contributed by atoms with Crippen LogP contribution in [0.2, 0.25) is 0 Å². The molecule has 3 heteroatoms. The highest BCUT2D eigenvalue weighted by molar-refractivity contribution is 5.52. The second-order valence-corrected chi connectivity index (χ2v) is 6.41. The lowest BCUT2D eigenvalue weighted by Crippen LogP contribution is -2.46. The Morgan fingerprint density at radius 2 is 2.00 bits per heavy atom. The van der Waals surface area contributed by atoms with Gasteiger partial charge in [0.05, 0.1) is 5.54 Å². The predicted octanol–water partition coefficient (Wildman–Crippen LogP) is 3.00. The number of aryl methyl sites for hydroxylation is 1. The number of anilines is 1. The highest BCUT2D eigenvalue weighted by Crippen LogP contribution is 2.28. The van der Waals surface area contributed by atoms with E-state index >= 15 is 0 Å². The Hall–Kier alpha value is -1.06. The van der Waals surface area contributed by atoms with E-state index in [1.807, 2.05) is 0 Å². The van der Waals surface area contributed by atoms with E-state index in [9.17, 15) is 0 Å². The summed E-state index contributed by atoms with van der Waals surface area (Å²) in [7, 11) is 0. The molecule has 1 aliphatic heterocycles. The van der Waals surface area contributed by atoms with Crippen molar-refractivity contribution in [3.8, 4) is 0 Å². The topological polar surface area (TPSA) is 41.3 Å². The van der Waals surface area contributed by atoms with Gasteiger partial charge < -0.3 is 16.0 Å². The van der Waals surface area contributed by atoms with Crippen LogP contribution in [0.15, 0.2) is 24.3 Å². The van der Waals surface area contributed by atoms with E-state index in [2.05, 4.69) is 55.3 Å². The van der Waals surface area contributed by atoms with E-state index in [4.69, 9.17) is 5.73 Å². The lowest BCUT2D eigenvalue weighted by molar-refractivity contribution is 0.227. The van der Waals surface area contributed by atoms with Crippen molar-refractivity contribution in [3.63, 3.8) is 0 Å². The van der Waals surface area contributed by atoms with Crippen LogP contribution in [0.4, 0.5) is 5.69 Å². The Bertz CT molecular complexity index is 430. The van der Waals surface area contributed by atoms with Crippen molar-refractivity contribution in [2.75, 3.05) is 25.0 Å². The van der Waals surface area contributed by atoms with Crippen molar-refractivity contribution < 1.29 is 0 Å². The Morgan fingerprint density at radius 1 is 1.25 bits per heavy atom. The number of nitrogens with one attached hydrogen (secondary N) is 1. The molecule has 0 radical (unpaired) electrons. The van der Waals surface area contributed by atoms with E-state index in [0.717, 1.165) is 19.4 Å². The average molecular weight is 275 g/mol. The third kappa shape index (κ3) is 3.53. The molecule has 3 nitrogen and oxygen atoms in total. The summed E-state index contributed by atoms with van der Waals surface area (Å²) in [5.74, 6) is 0. The quantitative estimate of drug-likeness (QED) is 0.887. The van der Waals surface area contributed by atoms with Crippen LogP contribution >= 0.6 is 0 Å². The maximum atomic E-state index is 6.15. The van der Waals surface area contributed by atoms with Crippen LogP contribution in [0.1, 0.15) is 38.7 Å². The SMILES string of the molecule is Cc1ccccc1NC1(CN)CCCN(C(C)C)CC1. The summed E-state index contributed by atoms with van der Waals surface area (Å²) in [6.07, 6.45) is 3.49. The summed E-state index contributed by atoms with van der Waals surface area (Å²) in [5, 5.41) is 3.76. The molecule has 0 spiro atoms. The maximum absolute atomic E-state index is 6.15. The van der Waals surface area contributed by atoms with Gasteiger partial charge in [-0.25, -0.2) is 0 Å². The zero-order valence-electron chi connectivity index (χ0n) is 13.2. The molecule has 3 N–H and O–H groups in total. The number of hydrogen-bond donors (Lipinski definition) is 2. The average Bonchev–Trinajstić information content (AvgIpc) is 2.65. The van der Waals surface area contributed by atoms with Crippen molar-refractivity contribution in [2.24, 2.45) is 5.73 Å². The standard InChI is InChI=1S/C17H29N3/c1-14(2)20-11-6-9-17(13-18,10-12-20)19-16-8-5-4-7-15(16)3/h4-5,7-8,14,19H,6,9-13,18H2,1-3H3.